The minimum absolute atomic E-state index is 0.0573. The van der Waals surface area contributed by atoms with Crippen molar-refractivity contribution in [3.63, 3.8) is 0 Å². The molecule has 1 aliphatic rings. The molecule has 0 spiro atoms. The van der Waals surface area contributed by atoms with Crippen molar-refractivity contribution in [3.8, 4) is 0 Å². The summed E-state index contributed by atoms with van der Waals surface area (Å²) in [4.78, 5) is 26.7. The number of carbonyl (C=O) groups is 2. The lowest BCUT2D eigenvalue weighted by molar-refractivity contribution is -0.131. The Labute approximate surface area is 131 Å². The second kappa shape index (κ2) is 6.92. The Morgan fingerprint density at radius 3 is 2.73 bits per heavy atom. The van der Waals surface area contributed by atoms with Crippen LogP contribution in [0.3, 0.4) is 0 Å². The Morgan fingerprint density at radius 2 is 2.09 bits per heavy atom. The van der Waals surface area contributed by atoms with E-state index in [1.54, 1.807) is 11.8 Å². The second-order valence-corrected chi connectivity index (χ2v) is 6.16. The number of nitrogens with zero attached hydrogens (tertiary/aromatic N) is 1. The van der Waals surface area contributed by atoms with Gasteiger partial charge in [-0.2, -0.15) is 0 Å². The highest BCUT2D eigenvalue weighted by Gasteiger charge is 2.35. The molecule has 2 amide bonds. The van der Waals surface area contributed by atoms with Crippen molar-refractivity contribution >= 4 is 17.5 Å². The lowest BCUT2D eigenvalue weighted by Crippen LogP contribution is -2.59. The van der Waals surface area contributed by atoms with Crippen LogP contribution in [0.2, 0.25) is 0 Å². The maximum Gasteiger partial charge on any atom is 0.249 e. The number of nitrogens with one attached hydrogen (secondary N) is 1. The largest absolute Gasteiger partial charge is 0.343 e. The summed E-state index contributed by atoms with van der Waals surface area (Å²) in [5.41, 5.74) is 5.99. The third-order valence-electron chi connectivity index (χ3n) is 4.10. The molecule has 5 nitrogen and oxygen atoms in total. The van der Waals surface area contributed by atoms with Crippen molar-refractivity contribution in [2.24, 2.45) is 5.73 Å². The first-order valence-electron chi connectivity index (χ1n) is 7.92. The molecule has 2 atom stereocenters. The van der Waals surface area contributed by atoms with E-state index in [-0.39, 0.29) is 11.8 Å². The number of piperidine rings is 1. The van der Waals surface area contributed by atoms with E-state index in [4.69, 9.17) is 5.73 Å². The number of hydrogen-bond donors (Lipinski definition) is 2. The third kappa shape index (κ3) is 3.65. The minimum atomic E-state index is -0.927. The Hall–Kier alpha value is -1.88. The van der Waals surface area contributed by atoms with E-state index in [1.165, 1.54) is 0 Å². The zero-order chi connectivity index (χ0) is 16.2. The van der Waals surface area contributed by atoms with Gasteiger partial charge < -0.3 is 16.0 Å². The molecule has 0 saturated carbocycles. The number of para-hydroxylation sites is 1. The summed E-state index contributed by atoms with van der Waals surface area (Å²) in [6.07, 6.45) is 2.95. The molecule has 2 unspecified atom stereocenters. The van der Waals surface area contributed by atoms with Crippen LogP contribution in [-0.2, 0) is 9.59 Å². The molecule has 2 rings (SSSR count). The first-order chi connectivity index (χ1) is 10.5. The van der Waals surface area contributed by atoms with Gasteiger partial charge >= 0.3 is 0 Å². The van der Waals surface area contributed by atoms with E-state index < -0.39 is 11.6 Å². The molecule has 0 bridgehead atoms. The standard InChI is InChI=1S/C17H25N3O2/c1-3-11-17(2,18)16(22)19-14-10-7-12-20(15(14)21)13-8-5-4-6-9-13/h4-6,8-9,14H,3,7,10-12,18H2,1-2H3,(H,19,22). The molecule has 3 N–H and O–H groups in total. The number of anilines is 1. The van der Waals surface area contributed by atoms with Crippen LogP contribution in [-0.4, -0.2) is 29.9 Å². The van der Waals surface area contributed by atoms with Crippen LogP contribution in [0.25, 0.3) is 0 Å². The van der Waals surface area contributed by atoms with E-state index >= 15 is 0 Å². The lowest BCUT2D eigenvalue weighted by Gasteiger charge is -2.34. The van der Waals surface area contributed by atoms with E-state index in [1.807, 2.05) is 37.3 Å². The van der Waals surface area contributed by atoms with Crippen molar-refractivity contribution < 1.29 is 9.59 Å². The SMILES string of the molecule is CCCC(C)(N)C(=O)NC1CCCN(c2ccccc2)C1=O. The van der Waals surface area contributed by atoms with Crippen LogP contribution in [0.15, 0.2) is 30.3 Å². The zero-order valence-electron chi connectivity index (χ0n) is 13.3. The highest BCUT2D eigenvalue weighted by atomic mass is 16.2. The summed E-state index contributed by atoms with van der Waals surface area (Å²) < 4.78 is 0. The number of amides is 2. The molecule has 1 heterocycles. The topological polar surface area (TPSA) is 75.4 Å². The number of benzene rings is 1. The lowest BCUT2D eigenvalue weighted by atomic mass is 9.95. The van der Waals surface area contributed by atoms with Gasteiger partial charge in [-0.05, 0) is 38.3 Å². The second-order valence-electron chi connectivity index (χ2n) is 6.16. The molecular weight excluding hydrogens is 278 g/mol. The molecule has 0 aliphatic carbocycles. The predicted octanol–water partition coefficient (Wildman–Crippen LogP) is 1.82. The number of carbonyl (C=O) groups excluding carboxylic acids is 2. The van der Waals surface area contributed by atoms with Crippen molar-refractivity contribution in [1.29, 1.82) is 0 Å². The first-order valence-corrected chi connectivity index (χ1v) is 7.92. The van der Waals surface area contributed by atoms with E-state index in [9.17, 15) is 9.59 Å². The molecule has 5 heteroatoms. The van der Waals surface area contributed by atoms with E-state index in [2.05, 4.69) is 5.32 Å². The fourth-order valence-corrected chi connectivity index (χ4v) is 2.83. The molecular formula is C17H25N3O2. The fourth-order valence-electron chi connectivity index (χ4n) is 2.83. The summed E-state index contributed by atoms with van der Waals surface area (Å²) in [6.45, 7) is 4.39. The number of hydrogen-bond acceptors (Lipinski definition) is 3. The first kappa shape index (κ1) is 16.5. The van der Waals surface area contributed by atoms with Gasteiger partial charge in [0.1, 0.15) is 6.04 Å². The molecule has 1 saturated heterocycles. The Bertz CT molecular complexity index is 528. The molecule has 0 aromatic heterocycles. The number of rotatable bonds is 5. The van der Waals surface area contributed by atoms with E-state index in [0.717, 1.165) is 18.5 Å². The van der Waals surface area contributed by atoms with Gasteiger partial charge in [-0.15, -0.1) is 0 Å². The highest BCUT2D eigenvalue weighted by molar-refractivity contribution is 6.00. The Morgan fingerprint density at radius 1 is 1.41 bits per heavy atom. The highest BCUT2D eigenvalue weighted by Crippen LogP contribution is 2.21. The monoisotopic (exact) mass is 303 g/mol. The summed E-state index contributed by atoms with van der Waals surface area (Å²) in [5, 5.41) is 2.84. The summed E-state index contributed by atoms with van der Waals surface area (Å²) >= 11 is 0. The third-order valence-corrected chi connectivity index (χ3v) is 4.10. The van der Waals surface area contributed by atoms with Gasteiger partial charge in [0.15, 0.2) is 0 Å². The van der Waals surface area contributed by atoms with Gasteiger partial charge in [0.05, 0.1) is 5.54 Å². The summed E-state index contributed by atoms with van der Waals surface area (Å²) in [5.74, 6) is -0.305. The molecule has 22 heavy (non-hydrogen) atoms. The normalized spacial score (nSPS) is 21.3. The molecule has 0 radical (unpaired) electrons. The van der Waals surface area contributed by atoms with Crippen LogP contribution >= 0.6 is 0 Å². The predicted molar refractivity (Wildman–Crippen MR) is 87.5 cm³/mol. The van der Waals surface area contributed by atoms with Gasteiger partial charge in [-0.3, -0.25) is 9.59 Å². The smallest absolute Gasteiger partial charge is 0.249 e. The average molecular weight is 303 g/mol. The summed E-state index contributed by atoms with van der Waals surface area (Å²) in [7, 11) is 0. The molecule has 1 aromatic rings. The van der Waals surface area contributed by atoms with E-state index in [0.29, 0.717) is 19.4 Å². The van der Waals surface area contributed by atoms with Gasteiger partial charge in [0.25, 0.3) is 0 Å². The fraction of sp³-hybridized carbons (Fsp3) is 0.529. The molecule has 120 valence electrons. The van der Waals surface area contributed by atoms with Crippen LogP contribution < -0.4 is 16.0 Å². The molecule has 1 aliphatic heterocycles. The van der Waals surface area contributed by atoms with Gasteiger partial charge in [0, 0.05) is 12.2 Å². The Balaban J connectivity index is 2.06. The van der Waals surface area contributed by atoms with Gasteiger partial charge in [0.2, 0.25) is 11.8 Å². The summed E-state index contributed by atoms with van der Waals surface area (Å²) in [6, 6.07) is 9.06. The van der Waals surface area contributed by atoms with Crippen molar-refractivity contribution in [2.75, 3.05) is 11.4 Å². The maximum atomic E-state index is 12.6. The van der Waals surface area contributed by atoms with Crippen LogP contribution in [0.4, 0.5) is 5.69 Å². The minimum Gasteiger partial charge on any atom is -0.343 e. The quantitative estimate of drug-likeness (QED) is 0.871. The van der Waals surface area contributed by atoms with Crippen LogP contribution in [0.5, 0.6) is 0 Å². The average Bonchev–Trinajstić information content (AvgIpc) is 2.50. The maximum absolute atomic E-state index is 12.6. The van der Waals surface area contributed by atoms with Gasteiger partial charge in [-0.1, -0.05) is 31.5 Å². The molecule has 1 fully saturated rings. The van der Waals surface area contributed by atoms with Crippen molar-refractivity contribution in [3.05, 3.63) is 30.3 Å². The number of nitrogens with two attached hydrogens (primary N) is 1. The van der Waals surface area contributed by atoms with Crippen LogP contribution in [0, 0.1) is 0 Å². The van der Waals surface area contributed by atoms with Crippen molar-refractivity contribution in [2.45, 2.75) is 51.1 Å². The van der Waals surface area contributed by atoms with Gasteiger partial charge in [-0.25, -0.2) is 0 Å². The van der Waals surface area contributed by atoms with Crippen molar-refractivity contribution in [1.82, 2.24) is 5.32 Å². The zero-order valence-corrected chi connectivity index (χ0v) is 13.3. The van der Waals surface area contributed by atoms with Crippen LogP contribution in [0.1, 0.15) is 39.5 Å². The molecule has 1 aromatic carbocycles. The Kier molecular flexibility index (Phi) is 5.19.